The highest BCUT2D eigenvalue weighted by molar-refractivity contribution is 5.77. The molecule has 0 bridgehead atoms. The van der Waals surface area contributed by atoms with Crippen LogP contribution in [0.4, 0.5) is 8.78 Å². The molecule has 0 unspecified atom stereocenters. The number of carbonyl (C=O) groups is 1. The fourth-order valence-corrected chi connectivity index (χ4v) is 1.05. The SMILES string of the molecule is NCc1c(C=O)cncc1C(F)F. The monoisotopic (exact) mass is 186 g/mol. The highest BCUT2D eigenvalue weighted by atomic mass is 19.3. The van der Waals surface area contributed by atoms with Gasteiger partial charge in [-0.25, -0.2) is 8.78 Å². The lowest BCUT2D eigenvalue weighted by Gasteiger charge is -2.07. The van der Waals surface area contributed by atoms with Crippen molar-refractivity contribution in [3.05, 3.63) is 29.1 Å². The maximum Gasteiger partial charge on any atom is 0.265 e. The number of aromatic nitrogens is 1. The van der Waals surface area contributed by atoms with Crippen LogP contribution in [0.1, 0.15) is 27.9 Å². The molecule has 5 heteroatoms. The predicted molar refractivity (Wildman–Crippen MR) is 42.5 cm³/mol. The quantitative estimate of drug-likeness (QED) is 0.723. The number of carbonyl (C=O) groups excluding carboxylic acids is 1. The Morgan fingerprint density at radius 3 is 2.69 bits per heavy atom. The third-order valence-electron chi connectivity index (χ3n) is 1.69. The lowest BCUT2D eigenvalue weighted by Crippen LogP contribution is -2.06. The number of aldehydes is 1. The second kappa shape index (κ2) is 4.04. The number of rotatable bonds is 3. The van der Waals surface area contributed by atoms with Gasteiger partial charge in [-0.05, 0) is 5.56 Å². The molecule has 0 atom stereocenters. The normalized spacial score (nSPS) is 10.5. The van der Waals surface area contributed by atoms with Crippen molar-refractivity contribution < 1.29 is 13.6 Å². The summed E-state index contributed by atoms with van der Waals surface area (Å²) in [5.74, 6) is 0. The van der Waals surface area contributed by atoms with Gasteiger partial charge in [0.1, 0.15) is 0 Å². The molecule has 0 amide bonds. The van der Waals surface area contributed by atoms with Crippen molar-refractivity contribution in [1.29, 1.82) is 0 Å². The van der Waals surface area contributed by atoms with Crippen LogP contribution in [-0.4, -0.2) is 11.3 Å². The number of nitrogens with two attached hydrogens (primary N) is 1. The van der Waals surface area contributed by atoms with Crippen molar-refractivity contribution in [1.82, 2.24) is 4.98 Å². The highest BCUT2D eigenvalue weighted by Crippen LogP contribution is 2.23. The van der Waals surface area contributed by atoms with E-state index in [-0.39, 0.29) is 23.2 Å². The topological polar surface area (TPSA) is 56.0 Å². The molecule has 0 aliphatic heterocycles. The number of hydrogen-bond acceptors (Lipinski definition) is 3. The lowest BCUT2D eigenvalue weighted by atomic mass is 10.1. The first-order valence-corrected chi connectivity index (χ1v) is 3.61. The molecule has 1 rings (SSSR count). The Hall–Kier alpha value is -1.36. The summed E-state index contributed by atoms with van der Waals surface area (Å²) in [6, 6.07) is 0. The van der Waals surface area contributed by atoms with Crippen LogP contribution in [0.3, 0.4) is 0 Å². The molecular weight excluding hydrogens is 178 g/mol. The molecule has 2 N–H and O–H groups in total. The second-order valence-electron chi connectivity index (χ2n) is 2.42. The molecule has 0 saturated carbocycles. The van der Waals surface area contributed by atoms with Gasteiger partial charge < -0.3 is 5.73 Å². The van der Waals surface area contributed by atoms with E-state index >= 15 is 0 Å². The van der Waals surface area contributed by atoms with Gasteiger partial charge in [-0.15, -0.1) is 0 Å². The molecule has 1 aromatic heterocycles. The smallest absolute Gasteiger partial charge is 0.265 e. The first-order valence-electron chi connectivity index (χ1n) is 3.61. The van der Waals surface area contributed by atoms with E-state index in [1.807, 2.05) is 0 Å². The second-order valence-corrected chi connectivity index (χ2v) is 2.42. The summed E-state index contributed by atoms with van der Waals surface area (Å²) < 4.78 is 24.6. The van der Waals surface area contributed by atoms with E-state index in [4.69, 9.17) is 5.73 Å². The van der Waals surface area contributed by atoms with Crippen LogP contribution in [0, 0.1) is 0 Å². The molecule has 0 radical (unpaired) electrons. The molecule has 1 aromatic rings. The van der Waals surface area contributed by atoms with E-state index < -0.39 is 6.43 Å². The Balaban J connectivity index is 3.26. The number of alkyl halides is 2. The summed E-state index contributed by atoms with van der Waals surface area (Å²) in [7, 11) is 0. The third-order valence-corrected chi connectivity index (χ3v) is 1.69. The minimum absolute atomic E-state index is 0.0870. The third kappa shape index (κ3) is 1.86. The Morgan fingerprint density at radius 1 is 1.54 bits per heavy atom. The van der Waals surface area contributed by atoms with E-state index in [0.717, 1.165) is 6.20 Å². The van der Waals surface area contributed by atoms with Crippen LogP contribution >= 0.6 is 0 Å². The molecule has 0 aliphatic carbocycles. The van der Waals surface area contributed by atoms with Crippen LogP contribution in [-0.2, 0) is 6.54 Å². The fraction of sp³-hybridized carbons (Fsp3) is 0.250. The molecule has 70 valence electrons. The average molecular weight is 186 g/mol. The Bertz CT molecular complexity index is 315. The largest absolute Gasteiger partial charge is 0.326 e. The predicted octanol–water partition coefficient (Wildman–Crippen LogP) is 1.29. The zero-order valence-electron chi connectivity index (χ0n) is 6.71. The van der Waals surface area contributed by atoms with Crippen LogP contribution in [0.2, 0.25) is 0 Å². The number of halogens is 2. The Kier molecular flexibility index (Phi) is 3.02. The molecule has 0 aromatic carbocycles. The Morgan fingerprint density at radius 2 is 2.23 bits per heavy atom. The highest BCUT2D eigenvalue weighted by Gasteiger charge is 2.14. The summed E-state index contributed by atoms with van der Waals surface area (Å²) in [6.45, 7) is -0.0870. The minimum Gasteiger partial charge on any atom is -0.326 e. The average Bonchev–Trinajstić information content (AvgIpc) is 2.16. The first-order chi connectivity index (χ1) is 6.20. The zero-order valence-corrected chi connectivity index (χ0v) is 6.71. The van der Waals surface area contributed by atoms with Crippen LogP contribution in [0.25, 0.3) is 0 Å². The van der Waals surface area contributed by atoms with Gasteiger partial charge in [0.15, 0.2) is 6.29 Å². The molecule has 0 spiro atoms. The molecule has 0 fully saturated rings. The van der Waals surface area contributed by atoms with Crippen molar-refractivity contribution in [3.63, 3.8) is 0 Å². The standard InChI is InChI=1S/C8H8F2N2O/c9-8(10)7-3-12-2-5(4-13)6(7)1-11/h2-4,8H,1,11H2. The van der Waals surface area contributed by atoms with E-state index in [1.54, 1.807) is 0 Å². The van der Waals surface area contributed by atoms with Gasteiger partial charge in [0.05, 0.1) is 0 Å². The van der Waals surface area contributed by atoms with Gasteiger partial charge in [0.25, 0.3) is 6.43 Å². The fourth-order valence-electron chi connectivity index (χ4n) is 1.05. The minimum atomic E-state index is -2.65. The van der Waals surface area contributed by atoms with Crippen molar-refractivity contribution in [3.8, 4) is 0 Å². The lowest BCUT2D eigenvalue weighted by molar-refractivity contribution is 0.112. The van der Waals surface area contributed by atoms with Crippen molar-refractivity contribution in [2.75, 3.05) is 0 Å². The maximum absolute atomic E-state index is 12.3. The molecule has 0 saturated heterocycles. The Labute approximate surface area is 73.6 Å². The van der Waals surface area contributed by atoms with Crippen molar-refractivity contribution in [2.24, 2.45) is 5.73 Å². The van der Waals surface area contributed by atoms with E-state index in [9.17, 15) is 13.6 Å². The summed E-state index contributed by atoms with van der Waals surface area (Å²) in [5, 5.41) is 0. The number of hydrogen-bond donors (Lipinski definition) is 1. The summed E-state index contributed by atoms with van der Waals surface area (Å²) in [6.07, 6.45) is 0.0769. The molecule has 0 aliphatic rings. The first kappa shape index (κ1) is 9.73. The van der Waals surface area contributed by atoms with E-state index in [0.29, 0.717) is 6.29 Å². The molecule has 13 heavy (non-hydrogen) atoms. The van der Waals surface area contributed by atoms with Crippen molar-refractivity contribution >= 4 is 6.29 Å². The van der Waals surface area contributed by atoms with Crippen LogP contribution in [0.5, 0.6) is 0 Å². The van der Waals surface area contributed by atoms with Gasteiger partial charge in [0, 0.05) is 30.1 Å². The van der Waals surface area contributed by atoms with Gasteiger partial charge in [-0.1, -0.05) is 0 Å². The molecular formula is C8H8F2N2O. The molecule has 1 heterocycles. The van der Waals surface area contributed by atoms with Gasteiger partial charge >= 0.3 is 0 Å². The van der Waals surface area contributed by atoms with Crippen molar-refractivity contribution in [2.45, 2.75) is 13.0 Å². The summed E-state index contributed by atoms with van der Waals surface area (Å²) in [5.41, 5.74) is 5.27. The zero-order chi connectivity index (χ0) is 9.84. The summed E-state index contributed by atoms with van der Waals surface area (Å²) >= 11 is 0. The number of nitrogens with zero attached hydrogens (tertiary/aromatic N) is 1. The van der Waals surface area contributed by atoms with Gasteiger partial charge in [0.2, 0.25) is 0 Å². The number of pyridine rings is 1. The molecule has 3 nitrogen and oxygen atoms in total. The maximum atomic E-state index is 12.3. The van der Waals surface area contributed by atoms with Crippen LogP contribution < -0.4 is 5.73 Å². The summed E-state index contributed by atoms with van der Waals surface area (Å²) in [4.78, 5) is 13.9. The van der Waals surface area contributed by atoms with E-state index in [1.165, 1.54) is 6.20 Å². The van der Waals surface area contributed by atoms with Gasteiger partial charge in [-0.2, -0.15) is 0 Å². The van der Waals surface area contributed by atoms with Gasteiger partial charge in [-0.3, -0.25) is 9.78 Å². The van der Waals surface area contributed by atoms with E-state index in [2.05, 4.69) is 4.98 Å². The van der Waals surface area contributed by atoms with Crippen LogP contribution in [0.15, 0.2) is 12.4 Å².